The zero-order valence-electron chi connectivity index (χ0n) is 7.42. The Morgan fingerprint density at radius 2 is 2.38 bits per heavy atom. The maximum Gasteiger partial charge on any atom is 0.303 e. The van der Waals surface area contributed by atoms with Gasteiger partial charge in [-0.2, -0.15) is 0 Å². The van der Waals surface area contributed by atoms with Crippen LogP contribution >= 0.6 is 0 Å². The second kappa shape index (κ2) is 5.35. The molecule has 0 amide bonds. The summed E-state index contributed by atoms with van der Waals surface area (Å²) in [5, 5.41) is 8.37. The molecule has 1 aromatic heterocycles. The third-order valence-corrected chi connectivity index (χ3v) is 1.81. The van der Waals surface area contributed by atoms with Gasteiger partial charge in [0.2, 0.25) is 0 Å². The molecule has 71 valence electrons. The second-order valence-corrected chi connectivity index (χ2v) is 2.93. The number of nitrogens with one attached hydrogen (secondary N) is 1. The average molecular weight is 181 g/mol. The highest BCUT2D eigenvalue weighted by molar-refractivity contribution is 5.66. The molecule has 0 spiro atoms. The number of aryl methyl sites for hydroxylation is 1. The fraction of sp³-hybridized carbons (Fsp3) is 0.556. The topological polar surface area (TPSA) is 66.0 Å². The van der Waals surface area contributed by atoms with Crippen LogP contribution in [0.3, 0.4) is 0 Å². The number of H-pyrrole nitrogens is 1. The van der Waals surface area contributed by atoms with E-state index in [0.29, 0.717) is 0 Å². The van der Waals surface area contributed by atoms with E-state index in [2.05, 4.69) is 16.2 Å². The minimum absolute atomic E-state index is 0.268. The van der Waals surface area contributed by atoms with Crippen molar-refractivity contribution in [1.82, 2.24) is 9.97 Å². The smallest absolute Gasteiger partial charge is 0.303 e. The maximum absolute atomic E-state index is 10.2. The number of hydrogen-bond acceptors (Lipinski definition) is 2. The van der Waals surface area contributed by atoms with Crippen LogP contribution in [-0.4, -0.2) is 21.0 Å². The number of hydrogen-bond donors (Lipinski definition) is 2. The van der Waals surface area contributed by atoms with E-state index in [-0.39, 0.29) is 6.42 Å². The molecular weight excluding hydrogens is 168 g/mol. The molecule has 0 aliphatic heterocycles. The van der Waals surface area contributed by atoms with Crippen molar-refractivity contribution in [1.29, 1.82) is 0 Å². The molecule has 2 N–H and O–H groups in total. The number of carboxylic acid groups (broad SMARTS) is 1. The molecule has 0 bridgehead atoms. The summed E-state index contributed by atoms with van der Waals surface area (Å²) in [6.07, 6.45) is 8.18. The summed E-state index contributed by atoms with van der Waals surface area (Å²) in [5.41, 5.74) is 0. The summed E-state index contributed by atoms with van der Waals surface area (Å²) < 4.78 is 0. The Labute approximate surface area is 77.0 Å². The van der Waals surface area contributed by atoms with E-state index in [9.17, 15) is 4.79 Å². The molecule has 1 aromatic rings. The molecule has 1 rings (SSSR count). The molecule has 4 heteroatoms. The molecule has 0 atom stereocenters. The van der Waals surface area contributed by atoms with Crippen LogP contribution in [0.1, 0.15) is 31.5 Å². The number of aromatic nitrogens is 2. The Morgan fingerprint density at radius 1 is 1.54 bits per heavy atom. The van der Waals surface area contributed by atoms with Crippen molar-refractivity contribution in [3.8, 4) is 0 Å². The first kappa shape index (κ1) is 9.77. The lowest BCUT2D eigenvalue weighted by Gasteiger charge is -1.96. The lowest BCUT2D eigenvalue weighted by Crippen LogP contribution is -1.94. The normalized spacial score (nSPS) is 10.2. The SMILES string of the molecule is O=C(O)CCCCCc1n[c]c[nH]1. The highest BCUT2D eigenvalue weighted by atomic mass is 16.4. The molecule has 1 radical (unpaired) electrons. The fourth-order valence-corrected chi connectivity index (χ4v) is 1.13. The van der Waals surface area contributed by atoms with E-state index in [4.69, 9.17) is 5.11 Å². The number of nitrogens with zero attached hydrogens (tertiary/aromatic N) is 1. The lowest BCUT2D eigenvalue weighted by atomic mass is 10.1. The van der Waals surface area contributed by atoms with Crippen LogP contribution in [0.2, 0.25) is 0 Å². The highest BCUT2D eigenvalue weighted by Gasteiger charge is 1.98. The van der Waals surface area contributed by atoms with Crippen molar-refractivity contribution in [3.05, 3.63) is 18.2 Å². The zero-order chi connectivity index (χ0) is 9.52. The quantitative estimate of drug-likeness (QED) is 0.652. The molecule has 0 saturated heterocycles. The van der Waals surface area contributed by atoms with Crippen LogP contribution in [0.4, 0.5) is 0 Å². The van der Waals surface area contributed by atoms with E-state index < -0.39 is 5.97 Å². The van der Waals surface area contributed by atoms with Crippen molar-refractivity contribution in [2.75, 3.05) is 0 Å². The summed E-state index contributed by atoms with van der Waals surface area (Å²) in [6, 6.07) is 0. The molecule has 0 aliphatic carbocycles. The van der Waals surface area contributed by atoms with Crippen molar-refractivity contribution in [3.63, 3.8) is 0 Å². The Hall–Kier alpha value is -1.32. The molecule has 0 aliphatic rings. The van der Waals surface area contributed by atoms with E-state index in [1.165, 1.54) is 0 Å². The summed E-state index contributed by atoms with van der Waals surface area (Å²) in [5.74, 6) is 0.210. The standard InChI is InChI=1S/C9H13N2O2/c12-9(13)5-3-1-2-4-8-10-6-7-11-8/h6H,1-5H2,(H,10,11)(H,12,13). The number of imidazole rings is 1. The first-order chi connectivity index (χ1) is 6.29. The van der Waals surface area contributed by atoms with Crippen LogP contribution in [-0.2, 0) is 11.2 Å². The largest absolute Gasteiger partial charge is 0.481 e. The van der Waals surface area contributed by atoms with Gasteiger partial charge in [-0.1, -0.05) is 6.42 Å². The van der Waals surface area contributed by atoms with E-state index >= 15 is 0 Å². The van der Waals surface area contributed by atoms with Gasteiger partial charge < -0.3 is 10.1 Å². The average Bonchev–Trinajstić information content (AvgIpc) is 2.55. The Bertz CT molecular complexity index is 244. The van der Waals surface area contributed by atoms with Crippen LogP contribution < -0.4 is 0 Å². The first-order valence-electron chi connectivity index (χ1n) is 4.41. The minimum Gasteiger partial charge on any atom is -0.481 e. The first-order valence-corrected chi connectivity index (χ1v) is 4.41. The summed E-state index contributed by atoms with van der Waals surface area (Å²) >= 11 is 0. The summed E-state index contributed by atoms with van der Waals surface area (Å²) in [4.78, 5) is 17.1. The van der Waals surface area contributed by atoms with Crippen LogP contribution in [0.5, 0.6) is 0 Å². The number of carbonyl (C=O) groups is 1. The monoisotopic (exact) mass is 181 g/mol. The van der Waals surface area contributed by atoms with Crippen LogP contribution in [0.25, 0.3) is 0 Å². The maximum atomic E-state index is 10.2. The van der Waals surface area contributed by atoms with Gasteiger partial charge in [0.1, 0.15) is 12.0 Å². The number of aliphatic carboxylic acids is 1. The Balaban J connectivity index is 1.99. The molecule has 13 heavy (non-hydrogen) atoms. The van der Waals surface area contributed by atoms with Gasteiger partial charge in [-0.15, -0.1) is 0 Å². The second-order valence-electron chi connectivity index (χ2n) is 2.93. The van der Waals surface area contributed by atoms with Gasteiger partial charge in [-0.25, -0.2) is 4.98 Å². The third-order valence-electron chi connectivity index (χ3n) is 1.81. The van der Waals surface area contributed by atoms with Crippen LogP contribution in [0, 0.1) is 6.20 Å². The van der Waals surface area contributed by atoms with Gasteiger partial charge in [-0.3, -0.25) is 4.79 Å². The van der Waals surface area contributed by atoms with Gasteiger partial charge in [-0.05, 0) is 12.8 Å². The van der Waals surface area contributed by atoms with Crippen molar-refractivity contribution in [2.24, 2.45) is 0 Å². The molecule has 0 saturated carbocycles. The fourth-order valence-electron chi connectivity index (χ4n) is 1.13. The van der Waals surface area contributed by atoms with Crippen molar-refractivity contribution >= 4 is 5.97 Å². The van der Waals surface area contributed by atoms with Crippen molar-refractivity contribution < 1.29 is 9.90 Å². The van der Waals surface area contributed by atoms with Crippen molar-refractivity contribution in [2.45, 2.75) is 32.1 Å². The molecule has 1 heterocycles. The van der Waals surface area contributed by atoms with Gasteiger partial charge in [0.05, 0.1) is 0 Å². The van der Waals surface area contributed by atoms with E-state index in [1.807, 2.05) is 0 Å². The third kappa shape index (κ3) is 4.30. The molecule has 0 aromatic carbocycles. The predicted octanol–water partition coefficient (Wildman–Crippen LogP) is 1.40. The van der Waals surface area contributed by atoms with E-state index in [0.717, 1.165) is 31.5 Å². The number of rotatable bonds is 6. The molecular formula is C9H13N2O2. The van der Waals surface area contributed by atoms with Gasteiger partial charge >= 0.3 is 5.97 Å². The Kier molecular flexibility index (Phi) is 4.02. The lowest BCUT2D eigenvalue weighted by molar-refractivity contribution is -0.137. The number of carboxylic acids is 1. The van der Waals surface area contributed by atoms with Gasteiger partial charge in [0.15, 0.2) is 0 Å². The summed E-state index contributed by atoms with van der Waals surface area (Å²) in [6.45, 7) is 0. The van der Waals surface area contributed by atoms with Gasteiger partial charge in [0, 0.05) is 19.0 Å². The Morgan fingerprint density at radius 3 is 3.00 bits per heavy atom. The minimum atomic E-state index is -0.716. The number of aromatic amines is 1. The van der Waals surface area contributed by atoms with E-state index in [1.54, 1.807) is 6.20 Å². The molecule has 0 fully saturated rings. The highest BCUT2D eigenvalue weighted by Crippen LogP contribution is 2.03. The predicted molar refractivity (Wildman–Crippen MR) is 47.2 cm³/mol. The zero-order valence-corrected chi connectivity index (χ0v) is 7.42. The molecule has 0 unspecified atom stereocenters. The molecule has 4 nitrogen and oxygen atoms in total. The summed E-state index contributed by atoms with van der Waals surface area (Å²) in [7, 11) is 0. The van der Waals surface area contributed by atoms with Gasteiger partial charge in [0.25, 0.3) is 0 Å². The number of unbranched alkanes of at least 4 members (excludes halogenated alkanes) is 2. The van der Waals surface area contributed by atoms with Crippen LogP contribution in [0.15, 0.2) is 6.20 Å².